The molecule has 0 heterocycles. The third-order valence-electron chi connectivity index (χ3n) is 3.66. The molecule has 0 aliphatic heterocycles. The lowest BCUT2D eigenvalue weighted by Crippen LogP contribution is -2.16. The highest BCUT2D eigenvalue weighted by Gasteiger charge is 2.21. The molecule has 2 rings (SSSR count). The van der Waals surface area contributed by atoms with Crippen molar-refractivity contribution in [3.05, 3.63) is 57.6 Å². The van der Waals surface area contributed by atoms with Gasteiger partial charge in [-0.05, 0) is 24.3 Å². The van der Waals surface area contributed by atoms with Crippen LogP contribution in [-0.2, 0) is 4.74 Å². The maximum absolute atomic E-state index is 12.4. The maximum atomic E-state index is 12.4. The van der Waals surface area contributed by atoms with Crippen molar-refractivity contribution >= 4 is 17.4 Å². The molecule has 0 bridgehead atoms. The van der Waals surface area contributed by atoms with E-state index in [0.29, 0.717) is 11.5 Å². The Morgan fingerprint density at radius 3 is 2.15 bits per heavy atom. The van der Waals surface area contributed by atoms with E-state index in [4.69, 9.17) is 18.9 Å². The predicted molar refractivity (Wildman–Crippen MR) is 93.8 cm³/mol. The molecule has 0 atom stereocenters. The average Bonchev–Trinajstić information content (AvgIpc) is 2.70. The number of ketones is 1. The maximum Gasteiger partial charge on any atom is 0.342 e. The van der Waals surface area contributed by atoms with Crippen molar-refractivity contribution in [2.75, 3.05) is 27.9 Å². The average molecular weight is 375 g/mol. The van der Waals surface area contributed by atoms with E-state index in [0.717, 1.165) is 6.07 Å². The van der Waals surface area contributed by atoms with Crippen molar-refractivity contribution in [2.45, 2.75) is 0 Å². The highest BCUT2D eigenvalue weighted by atomic mass is 16.6. The van der Waals surface area contributed by atoms with Gasteiger partial charge in [0.2, 0.25) is 5.78 Å². The molecule has 0 amide bonds. The number of carbonyl (C=O) groups is 2. The molecule has 0 aliphatic rings. The number of nitro groups is 1. The first kappa shape index (κ1) is 19.7. The lowest BCUT2D eigenvalue weighted by atomic mass is 10.1. The largest absolute Gasteiger partial charge is 0.497 e. The number of carbonyl (C=O) groups excluding carboxylic acids is 2. The van der Waals surface area contributed by atoms with Crippen molar-refractivity contribution in [1.82, 2.24) is 0 Å². The number of hydrogen-bond donors (Lipinski definition) is 0. The van der Waals surface area contributed by atoms with Gasteiger partial charge in [-0.3, -0.25) is 14.9 Å². The Morgan fingerprint density at radius 2 is 1.56 bits per heavy atom. The predicted octanol–water partition coefficient (Wildman–Crippen LogP) is 2.66. The van der Waals surface area contributed by atoms with Gasteiger partial charge in [0.1, 0.15) is 22.8 Å². The van der Waals surface area contributed by atoms with Gasteiger partial charge in [0.05, 0.1) is 31.8 Å². The number of hydrogen-bond acceptors (Lipinski definition) is 8. The molecule has 0 N–H and O–H groups in total. The topological polar surface area (TPSA) is 114 Å². The lowest BCUT2D eigenvalue weighted by Gasteiger charge is -2.11. The highest BCUT2D eigenvalue weighted by Crippen LogP contribution is 2.26. The molecule has 9 heteroatoms. The molecule has 0 radical (unpaired) electrons. The van der Waals surface area contributed by atoms with E-state index in [1.54, 1.807) is 12.1 Å². The Labute approximate surface area is 154 Å². The molecule has 2 aromatic rings. The fourth-order valence-corrected chi connectivity index (χ4v) is 2.29. The Kier molecular flexibility index (Phi) is 6.32. The molecular formula is C18H17NO8. The molecule has 9 nitrogen and oxygen atoms in total. The van der Waals surface area contributed by atoms with Gasteiger partial charge in [0.15, 0.2) is 6.61 Å². The molecule has 2 aromatic carbocycles. The normalized spacial score (nSPS) is 10.0. The standard InChI is InChI=1S/C18H17NO8/c1-24-12-5-7-16(25-2)13(9-12)15(20)10-27-18(21)14-8-11(19(22)23)4-6-17(14)26-3/h4-9H,10H2,1-3H3. The van der Waals surface area contributed by atoms with Crippen LogP contribution < -0.4 is 14.2 Å². The summed E-state index contributed by atoms with van der Waals surface area (Å²) in [5.41, 5.74) is -0.281. The van der Waals surface area contributed by atoms with Gasteiger partial charge in [-0.15, -0.1) is 0 Å². The molecule has 0 fully saturated rings. The van der Waals surface area contributed by atoms with Gasteiger partial charge in [0, 0.05) is 12.1 Å². The zero-order chi connectivity index (χ0) is 20.0. The molecule has 0 aliphatic carbocycles. The van der Waals surface area contributed by atoms with Crippen LogP contribution >= 0.6 is 0 Å². The zero-order valence-corrected chi connectivity index (χ0v) is 14.9. The van der Waals surface area contributed by atoms with Crippen LogP contribution in [0.5, 0.6) is 17.2 Å². The minimum absolute atomic E-state index is 0.0945. The van der Waals surface area contributed by atoms with Crippen LogP contribution in [0.3, 0.4) is 0 Å². The van der Waals surface area contributed by atoms with E-state index >= 15 is 0 Å². The minimum Gasteiger partial charge on any atom is -0.497 e. The van der Waals surface area contributed by atoms with Gasteiger partial charge >= 0.3 is 5.97 Å². The second kappa shape index (κ2) is 8.65. The molecule has 0 saturated carbocycles. The molecule has 142 valence electrons. The Morgan fingerprint density at radius 1 is 0.926 bits per heavy atom. The summed E-state index contributed by atoms with van der Waals surface area (Å²) in [6.45, 7) is -0.589. The summed E-state index contributed by atoms with van der Waals surface area (Å²) in [6, 6.07) is 8.14. The van der Waals surface area contributed by atoms with Crippen LogP contribution in [0.1, 0.15) is 20.7 Å². The van der Waals surface area contributed by atoms with Crippen molar-refractivity contribution in [2.24, 2.45) is 0 Å². The van der Waals surface area contributed by atoms with E-state index < -0.39 is 23.3 Å². The van der Waals surface area contributed by atoms with Crippen LogP contribution in [0.2, 0.25) is 0 Å². The van der Waals surface area contributed by atoms with Crippen molar-refractivity contribution < 1.29 is 33.5 Å². The van der Waals surface area contributed by atoms with Gasteiger partial charge in [-0.2, -0.15) is 0 Å². The van der Waals surface area contributed by atoms with Crippen LogP contribution in [0.15, 0.2) is 36.4 Å². The first-order chi connectivity index (χ1) is 12.9. The second-order valence-electron chi connectivity index (χ2n) is 5.21. The molecular weight excluding hydrogens is 358 g/mol. The van der Waals surface area contributed by atoms with E-state index in [1.165, 1.54) is 39.5 Å². The molecule has 0 aromatic heterocycles. The molecule has 0 spiro atoms. The third kappa shape index (κ3) is 4.51. The number of nitrogens with zero attached hydrogens (tertiary/aromatic N) is 1. The Balaban J connectivity index is 2.19. The third-order valence-corrected chi connectivity index (χ3v) is 3.66. The van der Waals surface area contributed by atoms with Crippen LogP contribution in [-0.4, -0.2) is 44.6 Å². The number of methoxy groups -OCH3 is 3. The summed E-state index contributed by atoms with van der Waals surface area (Å²) < 4.78 is 20.2. The van der Waals surface area contributed by atoms with E-state index in [9.17, 15) is 19.7 Å². The SMILES string of the molecule is COc1ccc(OC)c(C(=O)COC(=O)c2cc([N+](=O)[O-])ccc2OC)c1. The highest BCUT2D eigenvalue weighted by molar-refractivity contribution is 6.02. The number of Topliss-reactive ketones (excluding diaryl/α,β-unsaturated/α-hetero) is 1. The van der Waals surface area contributed by atoms with Crippen molar-refractivity contribution in [3.63, 3.8) is 0 Å². The quantitative estimate of drug-likeness (QED) is 0.299. The zero-order valence-electron chi connectivity index (χ0n) is 14.9. The smallest absolute Gasteiger partial charge is 0.342 e. The van der Waals surface area contributed by atoms with Gasteiger partial charge in [-0.25, -0.2) is 4.79 Å². The number of nitro benzene ring substituents is 1. The molecule has 0 saturated heterocycles. The summed E-state index contributed by atoms with van der Waals surface area (Å²) in [6.07, 6.45) is 0. The summed E-state index contributed by atoms with van der Waals surface area (Å²) in [7, 11) is 4.16. The van der Waals surface area contributed by atoms with E-state index in [2.05, 4.69) is 0 Å². The molecule has 27 heavy (non-hydrogen) atoms. The minimum atomic E-state index is -0.925. The Hall–Kier alpha value is -3.62. The Bertz CT molecular complexity index is 878. The first-order valence-electron chi connectivity index (χ1n) is 7.66. The van der Waals surface area contributed by atoms with Crippen molar-refractivity contribution in [3.8, 4) is 17.2 Å². The van der Waals surface area contributed by atoms with Gasteiger partial charge < -0.3 is 18.9 Å². The van der Waals surface area contributed by atoms with E-state index in [-0.39, 0.29) is 22.6 Å². The van der Waals surface area contributed by atoms with Crippen LogP contribution in [0.25, 0.3) is 0 Å². The first-order valence-corrected chi connectivity index (χ1v) is 7.66. The number of non-ortho nitro benzene ring substituents is 1. The number of benzene rings is 2. The monoisotopic (exact) mass is 375 g/mol. The number of ether oxygens (including phenoxy) is 4. The fraction of sp³-hybridized carbons (Fsp3) is 0.222. The lowest BCUT2D eigenvalue weighted by molar-refractivity contribution is -0.384. The van der Waals surface area contributed by atoms with Gasteiger partial charge in [-0.1, -0.05) is 0 Å². The summed E-state index contributed by atoms with van der Waals surface area (Å²) in [5, 5.41) is 10.9. The van der Waals surface area contributed by atoms with Gasteiger partial charge in [0.25, 0.3) is 5.69 Å². The summed E-state index contributed by atoms with van der Waals surface area (Å²) in [5.74, 6) is -0.623. The second-order valence-corrected chi connectivity index (χ2v) is 5.21. The van der Waals surface area contributed by atoms with Crippen LogP contribution in [0, 0.1) is 10.1 Å². The summed E-state index contributed by atoms with van der Waals surface area (Å²) >= 11 is 0. The summed E-state index contributed by atoms with van der Waals surface area (Å²) in [4.78, 5) is 34.9. The molecule has 0 unspecified atom stereocenters. The number of rotatable bonds is 8. The number of esters is 1. The fourth-order valence-electron chi connectivity index (χ4n) is 2.29. The van der Waals surface area contributed by atoms with E-state index in [1.807, 2.05) is 0 Å². The van der Waals surface area contributed by atoms with Crippen molar-refractivity contribution in [1.29, 1.82) is 0 Å². The van der Waals surface area contributed by atoms with Crippen LogP contribution in [0.4, 0.5) is 5.69 Å².